The monoisotopic (exact) mass is 279 g/mol. The lowest BCUT2D eigenvalue weighted by Crippen LogP contribution is -2.07. The van der Waals surface area contributed by atoms with Crippen LogP contribution in [0.5, 0.6) is 0 Å². The van der Waals surface area contributed by atoms with Crippen LogP contribution in [0.3, 0.4) is 0 Å². The van der Waals surface area contributed by atoms with Gasteiger partial charge in [0.25, 0.3) is 0 Å². The number of thiazole rings is 1. The molecule has 0 aliphatic rings. The smallest absolute Gasteiger partial charge is 0.312 e. The Balaban J connectivity index is 2.27. The van der Waals surface area contributed by atoms with Crippen LogP contribution in [0.15, 0.2) is 24.3 Å². The van der Waals surface area contributed by atoms with Crippen LogP contribution in [0.1, 0.15) is 16.8 Å². The third-order valence-electron chi connectivity index (χ3n) is 2.57. The zero-order valence-electron chi connectivity index (χ0n) is 10.8. The lowest BCUT2D eigenvalue weighted by atomic mass is 10.1. The molecule has 0 saturated heterocycles. The molecule has 0 unspecified atom stereocenters. The summed E-state index contributed by atoms with van der Waals surface area (Å²) < 4.78 is 18.6. The summed E-state index contributed by atoms with van der Waals surface area (Å²) in [5.74, 6) is -0.616. The summed E-state index contributed by atoms with van der Waals surface area (Å²) in [4.78, 5) is 16.6. The molecule has 0 aliphatic heterocycles. The van der Waals surface area contributed by atoms with Crippen LogP contribution in [0.2, 0.25) is 0 Å². The molecule has 0 N–H and O–H groups in total. The molecule has 0 aliphatic carbocycles. The van der Waals surface area contributed by atoms with Crippen LogP contribution < -0.4 is 0 Å². The number of carbonyl (C=O) groups is 1. The third-order valence-corrected chi connectivity index (χ3v) is 3.54. The van der Waals surface area contributed by atoms with Gasteiger partial charge in [0, 0.05) is 10.4 Å². The lowest BCUT2D eigenvalue weighted by molar-refractivity contribution is -0.142. The number of carbonyl (C=O) groups excluding carboxylic acids is 1. The van der Waals surface area contributed by atoms with Crippen molar-refractivity contribution in [1.29, 1.82) is 0 Å². The van der Waals surface area contributed by atoms with Crippen LogP contribution in [-0.4, -0.2) is 17.6 Å². The van der Waals surface area contributed by atoms with E-state index in [-0.39, 0.29) is 18.2 Å². The number of halogens is 1. The van der Waals surface area contributed by atoms with E-state index in [1.54, 1.807) is 25.1 Å². The van der Waals surface area contributed by atoms with E-state index < -0.39 is 0 Å². The Bertz CT molecular complexity index is 595. The molecule has 2 rings (SSSR count). The highest BCUT2D eigenvalue weighted by Gasteiger charge is 2.15. The molecule has 1 aromatic carbocycles. The molecule has 2 aromatic rings. The molecule has 1 heterocycles. The van der Waals surface area contributed by atoms with Gasteiger partial charge in [-0.2, -0.15) is 0 Å². The van der Waals surface area contributed by atoms with Gasteiger partial charge in [0.15, 0.2) is 0 Å². The molecule has 100 valence electrons. The van der Waals surface area contributed by atoms with Crippen molar-refractivity contribution in [2.45, 2.75) is 20.3 Å². The van der Waals surface area contributed by atoms with E-state index in [0.29, 0.717) is 22.9 Å². The SMILES string of the molecule is CCOC(=O)Cc1nc(-c2ccccc2F)c(C)s1. The normalized spacial score (nSPS) is 10.5. The van der Waals surface area contributed by atoms with Crippen molar-refractivity contribution in [3.05, 3.63) is 40.0 Å². The van der Waals surface area contributed by atoms with Crippen LogP contribution in [0.25, 0.3) is 11.3 Å². The van der Waals surface area contributed by atoms with Gasteiger partial charge in [0.1, 0.15) is 10.8 Å². The summed E-state index contributed by atoms with van der Waals surface area (Å²) in [5, 5.41) is 0.647. The zero-order chi connectivity index (χ0) is 13.8. The zero-order valence-corrected chi connectivity index (χ0v) is 11.6. The highest BCUT2D eigenvalue weighted by molar-refractivity contribution is 7.12. The van der Waals surface area contributed by atoms with E-state index in [9.17, 15) is 9.18 Å². The first-order valence-corrected chi connectivity index (χ1v) is 6.80. The molecular formula is C14H14FNO2S. The maximum absolute atomic E-state index is 13.7. The van der Waals surface area contributed by atoms with Crippen molar-refractivity contribution in [1.82, 2.24) is 4.98 Å². The Kier molecular flexibility index (Phi) is 4.27. The van der Waals surface area contributed by atoms with Gasteiger partial charge < -0.3 is 4.74 Å². The maximum Gasteiger partial charge on any atom is 0.312 e. The van der Waals surface area contributed by atoms with E-state index >= 15 is 0 Å². The molecule has 0 atom stereocenters. The van der Waals surface area contributed by atoms with Gasteiger partial charge in [0.05, 0.1) is 18.7 Å². The van der Waals surface area contributed by atoms with Gasteiger partial charge in [-0.15, -0.1) is 11.3 Å². The van der Waals surface area contributed by atoms with Crippen molar-refractivity contribution in [3.8, 4) is 11.3 Å². The summed E-state index contributed by atoms with van der Waals surface area (Å²) in [6.07, 6.45) is 0.133. The fourth-order valence-electron chi connectivity index (χ4n) is 1.77. The number of rotatable bonds is 4. The first-order chi connectivity index (χ1) is 9.11. The van der Waals surface area contributed by atoms with Crippen molar-refractivity contribution in [2.75, 3.05) is 6.61 Å². The fraction of sp³-hybridized carbons (Fsp3) is 0.286. The van der Waals surface area contributed by atoms with Crippen molar-refractivity contribution in [2.24, 2.45) is 0 Å². The quantitative estimate of drug-likeness (QED) is 0.806. The largest absolute Gasteiger partial charge is 0.466 e. The van der Waals surface area contributed by atoms with Gasteiger partial charge in [0.2, 0.25) is 0 Å². The van der Waals surface area contributed by atoms with E-state index in [1.807, 2.05) is 6.92 Å². The summed E-state index contributed by atoms with van der Waals surface area (Å²) in [6, 6.07) is 6.49. The number of aryl methyl sites for hydroxylation is 1. The molecule has 0 amide bonds. The van der Waals surface area contributed by atoms with Crippen molar-refractivity contribution < 1.29 is 13.9 Å². The Morgan fingerprint density at radius 3 is 2.84 bits per heavy atom. The molecule has 0 radical (unpaired) electrons. The summed E-state index contributed by atoms with van der Waals surface area (Å²) >= 11 is 1.39. The highest BCUT2D eigenvalue weighted by atomic mass is 32.1. The molecule has 5 heteroatoms. The maximum atomic E-state index is 13.7. The molecule has 0 spiro atoms. The predicted octanol–water partition coefficient (Wildman–Crippen LogP) is 3.36. The lowest BCUT2D eigenvalue weighted by Gasteiger charge is -2.00. The molecule has 0 bridgehead atoms. The third kappa shape index (κ3) is 3.17. The number of ether oxygens (including phenoxy) is 1. The summed E-state index contributed by atoms with van der Waals surface area (Å²) in [7, 11) is 0. The minimum absolute atomic E-state index is 0.133. The topological polar surface area (TPSA) is 39.2 Å². The van der Waals surface area contributed by atoms with E-state index in [4.69, 9.17) is 4.74 Å². The molecule has 0 saturated carbocycles. The molecule has 1 aromatic heterocycles. The summed E-state index contributed by atoms with van der Waals surface area (Å²) in [5.41, 5.74) is 1.06. The Morgan fingerprint density at radius 2 is 2.16 bits per heavy atom. The van der Waals surface area contributed by atoms with Crippen LogP contribution in [0, 0.1) is 12.7 Å². The number of hydrogen-bond acceptors (Lipinski definition) is 4. The predicted molar refractivity (Wildman–Crippen MR) is 72.6 cm³/mol. The summed E-state index contributed by atoms with van der Waals surface area (Å²) in [6.45, 7) is 3.98. The standard InChI is InChI=1S/C14H14FNO2S/c1-3-18-13(17)8-12-16-14(9(2)19-12)10-6-4-5-7-11(10)15/h4-7H,3,8H2,1-2H3. The molecule has 19 heavy (non-hydrogen) atoms. The van der Waals surface area contributed by atoms with Crippen LogP contribution >= 0.6 is 11.3 Å². The van der Waals surface area contributed by atoms with Gasteiger partial charge in [-0.25, -0.2) is 9.37 Å². The van der Waals surface area contributed by atoms with Crippen molar-refractivity contribution in [3.63, 3.8) is 0 Å². The Hall–Kier alpha value is -1.75. The minimum Gasteiger partial charge on any atom is -0.466 e. The minimum atomic E-state index is -0.309. The van der Waals surface area contributed by atoms with Crippen LogP contribution in [-0.2, 0) is 16.0 Å². The first-order valence-electron chi connectivity index (χ1n) is 5.98. The van der Waals surface area contributed by atoms with Gasteiger partial charge in [-0.05, 0) is 26.0 Å². The van der Waals surface area contributed by atoms with Gasteiger partial charge in [-0.1, -0.05) is 12.1 Å². The number of aromatic nitrogens is 1. The second-order valence-corrected chi connectivity index (χ2v) is 5.26. The van der Waals surface area contributed by atoms with Gasteiger partial charge in [-0.3, -0.25) is 4.79 Å². The number of nitrogens with zero attached hydrogens (tertiary/aromatic N) is 1. The Morgan fingerprint density at radius 1 is 1.42 bits per heavy atom. The number of benzene rings is 1. The average Bonchev–Trinajstić information content (AvgIpc) is 2.71. The van der Waals surface area contributed by atoms with Crippen molar-refractivity contribution >= 4 is 17.3 Å². The van der Waals surface area contributed by atoms with Crippen LogP contribution in [0.4, 0.5) is 4.39 Å². The fourth-order valence-corrected chi connectivity index (χ4v) is 2.70. The first kappa shape index (κ1) is 13.7. The second kappa shape index (κ2) is 5.93. The highest BCUT2D eigenvalue weighted by Crippen LogP contribution is 2.29. The second-order valence-electron chi connectivity index (χ2n) is 3.97. The molecule has 0 fully saturated rings. The molecular weight excluding hydrogens is 265 g/mol. The van der Waals surface area contributed by atoms with Gasteiger partial charge >= 0.3 is 5.97 Å². The van der Waals surface area contributed by atoms with E-state index in [2.05, 4.69) is 4.98 Å². The number of esters is 1. The number of hydrogen-bond donors (Lipinski definition) is 0. The van der Waals surface area contributed by atoms with E-state index in [0.717, 1.165) is 4.88 Å². The molecule has 3 nitrogen and oxygen atoms in total. The average molecular weight is 279 g/mol. The Labute approximate surface area is 115 Å². The van der Waals surface area contributed by atoms with E-state index in [1.165, 1.54) is 17.4 Å².